The lowest BCUT2D eigenvalue weighted by atomic mass is 10.0. The van der Waals surface area contributed by atoms with E-state index >= 15 is 0 Å². The van der Waals surface area contributed by atoms with E-state index in [1.165, 1.54) is 6.20 Å². The highest BCUT2D eigenvalue weighted by Crippen LogP contribution is 2.23. The van der Waals surface area contributed by atoms with E-state index < -0.39 is 0 Å². The van der Waals surface area contributed by atoms with Crippen LogP contribution in [0.5, 0.6) is 0 Å². The molecule has 1 aromatic heterocycles. The van der Waals surface area contributed by atoms with Gasteiger partial charge in [0.15, 0.2) is 0 Å². The average molecular weight is 196 g/mol. The number of rotatable bonds is 3. The van der Waals surface area contributed by atoms with E-state index in [1.54, 1.807) is 6.07 Å². The molecule has 0 bridgehead atoms. The largest absolute Gasteiger partial charge is 0.368 e. The molecule has 0 amide bonds. The van der Waals surface area contributed by atoms with Crippen molar-refractivity contribution < 1.29 is 4.39 Å². The first kappa shape index (κ1) is 11.0. The van der Waals surface area contributed by atoms with E-state index in [9.17, 15) is 4.39 Å². The van der Waals surface area contributed by atoms with Crippen LogP contribution in [0, 0.1) is 5.82 Å². The Hall–Kier alpha value is -1.12. The van der Waals surface area contributed by atoms with Crippen molar-refractivity contribution in [3.05, 3.63) is 23.6 Å². The van der Waals surface area contributed by atoms with Crippen LogP contribution in [-0.4, -0.2) is 11.0 Å². The predicted octanol–water partition coefficient (Wildman–Crippen LogP) is 3.16. The van der Waals surface area contributed by atoms with Crippen LogP contribution in [0.2, 0.25) is 0 Å². The summed E-state index contributed by atoms with van der Waals surface area (Å²) in [4.78, 5) is 4.05. The van der Waals surface area contributed by atoms with Crippen LogP contribution in [0.25, 0.3) is 0 Å². The Balaban J connectivity index is 3.02. The highest BCUT2D eigenvalue weighted by Gasteiger charge is 2.09. The van der Waals surface area contributed by atoms with Gasteiger partial charge in [0, 0.05) is 6.04 Å². The summed E-state index contributed by atoms with van der Waals surface area (Å²) in [5, 5.41) is 3.20. The van der Waals surface area contributed by atoms with Crippen molar-refractivity contribution >= 4 is 5.82 Å². The van der Waals surface area contributed by atoms with Crippen molar-refractivity contribution in [2.45, 2.75) is 39.7 Å². The first-order valence-corrected chi connectivity index (χ1v) is 4.92. The zero-order valence-corrected chi connectivity index (χ0v) is 9.13. The molecule has 78 valence electrons. The molecule has 1 aromatic rings. The number of aromatic nitrogens is 1. The zero-order chi connectivity index (χ0) is 10.7. The Labute approximate surface area is 84.6 Å². The zero-order valence-electron chi connectivity index (χ0n) is 9.13. The molecule has 1 heterocycles. The third-order valence-electron chi connectivity index (χ3n) is 1.93. The van der Waals surface area contributed by atoms with Crippen molar-refractivity contribution in [3.63, 3.8) is 0 Å². The first-order valence-electron chi connectivity index (χ1n) is 4.92. The minimum absolute atomic E-state index is 0.275. The number of halogens is 1. The molecule has 0 fully saturated rings. The molecule has 0 aliphatic carbocycles. The summed E-state index contributed by atoms with van der Waals surface area (Å²) in [6.07, 6.45) is 1.25. The molecule has 0 aromatic carbocycles. The van der Waals surface area contributed by atoms with Gasteiger partial charge in [0.1, 0.15) is 11.6 Å². The summed E-state index contributed by atoms with van der Waals surface area (Å²) in [6.45, 7) is 8.13. The van der Waals surface area contributed by atoms with Crippen LogP contribution < -0.4 is 5.32 Å². The predicted molar refractivity (Wildman–Crippen MR) is 57.0 cm³/mol. The van der Waals surface area contributed by atoms with Crippen LogP contribution in [0.15, 0.2) is 12.3 Å². The molecule has 0 atom stereocenters. The van der Waals surface area contributed by atoms with Crippen molar-refractivity contribution in [2.75, 3.05) is 5.32 Å². The fraction of sp³-hybridized carbons (Fsp3) is 0.545. The van der Waals surface area contributed by atoms with E-state index in [2.05, 4.69) is 10.3 Å². The van der Waals surface area contributed by atoms with E-state index in [0.717, 1.165) is 11.4 Å². The maximum absolute atomic E-state index is 13.0. The van der Waals surface area contributed by atoms with E-state index in [4.69, 9.17) is 0 Å². The summed E-state index contributed by atoms with van der Waals surface area (Å²) >= 11 is 0. The van der Waals surface area contributed by atoms with Crippen LogP contribution in [0.1, 0.15) is 39.2 Å². The smallest absolute Gasteiger partial charge is 0.141 e. The maximum atomic E-state index is 13.0. The molecule has 1 rings (SSSR count). The second kappa shape index (κ2) is 4.40. The molecular formula is C11H17FN2. The fourth-order valence-electron chi connectivity index (χ4n) is 1.29. The molecule has 0 radical (unpaired) electrons. The van der Waals surface area contributed by atoms with Gasteiger partial charge in [0.05, 0.1) is 6.20 Å². The normalized spacial score (nSPS) is 11.1. The fourth-order valence-corrected chi connectivity index (χ4v) is 1.29. The Kier molecular flexibility index (Phi) is 3.44. The van der Waals surface area contributed by atoms with E-state index in [0.29, 0.717) is 6.04 Å². The van der Waals surface area contributed by atoms with Crippen molar-refractivity contribution in [1.82, 2.24) is 4.98 Å². The van der Waals surface area contributed by atoms with Crippen LogP contribution in [0.4, 0.5) is 10.2 Å². The van der Waals surface area contributed by atoms with Crippen molar-refractivity contribution in [2.24, 2.45) is 0 Å². The third-order valence-corrected chi connectivity index (χ3v) is 1.93. The number of nitrogens with zero attached hydrogens (tertiary/aromatic N) is 1. The Bertz CT molecular complexity index is 308. The first-order chi connectivity index (χ1) is 6.50. The van der Waals surface area contributed by atoms with Gasteiger partial charge in [-0.15, -0.1) is 0 Å². The van der Waals surface area contributed by atoms with Crippen molar-refractivity contribution in [3.8, 4) is 0 Å². The highest BCUT2D eigenvalue weighted by molar-refractivity contribution is 5.46. The molecule has 0 saturated carbocycles. The van der Waals surface area contributed by atoms with Crippen LogP contribution in [-0.2, 0) is 0 Å². The molecule has 1 N–H and O–H groups in total. The van der Waals surface area contributed by atoms with Crippen LogP contribution >= 0.6 is 0 Å². The number of hydrogen-bond acceptors (Lipinski definition) is 2. The molecule has 0 unspecified atom stereocenters. The number of hydrogen-bond donors (Lipinski definition) is 1. The molecule has 14 heavy (non-hydrogen) atoms. The van der Waals surface area contributed by atoms with Crippen molar-refractivity contribution in [1.29, 1.82) is 0 Å². The van der Waals surface area contributed by atoms with Gasteiger partial charge < -0.3 is 5.32 Å². The summed E-state index contributed by atoms with van der Waals surface area (Å²) in [7, 11) is 0. The molecule has 0 aliphatic rings. The Morgan fingerprint density at radius 1 is 1.29 bits per heavy atom. The van der Waals surface area contributed by atoms with E-state index in [1.807, 2.05) is 27.7 Å². The molecule has 0 aliphatic heterocycles. The van der Waals surface area contributed by atoms with Gasteiger partial charge in [0.2, 0.25) is 0 Å². The van der Waals surface area contributed by atoms with Gasteiger partial charge >= 0.3 is 0 Å². The molecule has 0 saturated heterocycles. The summed E-state index contributed by atoms with van der Waals surface area (Å²) in [6, 6.07) is 1.85. The maximum Gasteiger partial charge on any atom is 0.141 e. The topological polar surface area (TPSA) is 24.9 Å². The van der Waals surface area contributed by atoms with Gasteiger partial charge in [0.25, 0.3) is 0 Å². The van der Waals surface area contributed by atoms with E-state index in [-0.39, 0.29) is 11.7 Å². The van der Waals surface area contributed by atoms with Gasteiger partial charge in [-0.1, -0.05) is 13.8 Å². The summed E-state index contributed by atoms with van der Waals surface area (Å²) in [5.74, 6) is 0.791. The summed E-state index contributed by atoms with van der Waals surface area (Å²) < 4.78 is 13.0. The Morgan fingerprint density at radius 2 is 1.93 bits per heavy atom. The second-order valence-corrected chi connectivity index (χ2v) is 4.05. The Morgan fingerprint density at radius 3 is 2.43 bits per heavy atom. The molecule has 2 nitrogen and oxygen atoms in total. The molecule has 3 heteroatoms. The van der Waals surface area contributed by atoms with Crippen LogP contribution in [0.3, 0.4) is 0 Å². The number of anilines is 1. The number of nitrogens with one attached hydrogen (secondary N) is 1. The minimum atomic E-state index is -0.275. The van der Waals surface area contributed by atoms with Gasteiger partial charge in [-0.05, 0) is 31.4 Å². The molecule has 0 spiro atoms. The SMILES string of the molecule is CC(C)Nc1ncc(F)cc1C(C)C. The quantitative estimate of drug-likeness (QED) is 0.803. The lowest BCUT2D eigenvalue weighted by molar-refractivity contribution is 0.616. The molecular weight excluding hydrogens is 179 g/mol. The lowest BCUT2D eigenvalue weighted by Gasteiger charge is -2.15. The monoisotopic (exact) mass is 196 g/mol. The van der Waals surface area contributed by atoms with Gasteiger partial charge in [-0.2, -0.15) is 0 Å². The summed E-state index contributed by atoms with van der Waals surface area (Å²) in [5.41, 5.74) is 0.929. The highest BCUT2D eigenvalue weighted by atomic mass is 19.1. The standard InChI is InChI=1S/C11H17FN2/c1-7(2)10-5-9(12)6-13-11(10)14-8(3)4/h5-8H,1-4H3,(H,13,14). The number of pyridine rings is 1. The van der Waals surface area contributed by atoms with Gasteiger partial charge in [-0.3, -0.25) is 0 Å². The lowest BCUT2D eigenvalue weighted by Crippen LogP contribution is -2.13. The second-order valence-electron chi connectivity index (χ2n) is 4.05. The minimum Gasteiger partial charge on any atom is -0.368 e. The third kappa shape index (κ3) is 2.69. The average Bonchev–Trinajstić information content (AvgIpc) is 2.07. The van der Waals surface area contributed by atoms with Gasteiger partial charge in [-0.25, -0.2) is 9.37 Å².